The Labute approximate surface area is 764 Å². The van der Waals surface area contributed by atoms with Crippen molar-refractivity contribution in [1.82, 2.24) is 42.4 Å². The van der Waals surface area contributed by atoms with Crippen molar-refractivity contribution in [3.05, 3.63) is 423 Å². The zero-order valence-corrected chi connectivity index (χ0v) is 75.5. The summed E-state index contributed by atoms with van der Waals surface area (Å²) in [5.74, 6) is 2.58. The molecule has 0 aliphatic carbocycles. The maximum atomic E-state index is 9.56. The fraction of sp³-hybridized carbons (Fsp3) is 0.100. The summed E-state index contributed by atoms with van der Waals surface area (Å²) < 4.78 is 14.4. The van der Waals surface area contributed by atoms with Crippen LogP contribution in [-0.2, 0) is 0 Å². The molecule has 9 heterocycles. The summed E-state index contributed by atoms with van der Waals surface area (Å²) in [5, 5.41) is 24.1. The second-order valence-electron chi connectivity index (χ2n) is 35.2. The van der Waals surface area contributed by atoms with Gasteiger partial charge in [0.2, 0.25) is 0 Å². The predicted molar refractivity (Wildman–Crippen MR) is 549 cm³/mol. The lowest BCUT2D eigenvalue weighted by atomic mass is 10.0. The van der Waals surface area contributed by atoms with Crippen LogP contribution >= 0.6 is 0 Å². The third kappa shape index (κ3) is 12.4. The molecular formula is C120H90N12. The second-order valence-corrected chi connectivity index (χ2v) is 35.2. The van der Waals surface area contributed by atoms with E-state index in [4.69, 9.17) is 28.1 Å². The number of hydrogen-bond acceptors (Lipinski definition) is 4. The van der Waals surface area contributed by atoms with Gasteiger partial charge in [-0.1, -0.05) is 273 Å². The van der Waals surface area contributed by atoms with Gasteiger partial charge in [0.25, 0.3) is 0 Å². The summed E-state index contributed by atoms with van der Waals surface area (Å²) in [6.45, 7) is 42.1. The Balaban J connectivity index is 0.000000116. The minimum Gasteiger partial charge on any atom is -0.305 e. The number of fused-ring (bicyclic) bond motifs is 18. The molecule has 0 aliphatic rings. The van der Waals surface area contributed by atoms with E-state index in [-0.39, 0.29) is 0 Å². The van der Waals surface area contributed by atoms with Crippen molar-refractivity contribution in [2.24, 2.45) is 0 Å². The van der Waals surface area contributed by atoms with Crippen molar-refractivity contribution in [2.75, 3.05) is 0 Å². The molecule has 9 aromatic heterocycles. The van der Waals surface area contributed by atoms with Crippen LogP contribution in [0.25, 0.3) is 208 Å². The van der Waals surface area contributed by atoms with E-state index in [1.165, 1.54) is 153 Å². The number of hydrogen-bond donors (Lipinski definition) is 0. The van der Waals surface area contributed by atoms with E-state index in [2.05, 4.69) is 387 Å². The number of aryl methyl sites for hydroxylation is 12. The van der Waals surface area contributed by atoms with Gasteiger partial charge in [-0.05, 0) is 203 Å². The van der Waals surface area contributed by atoms with E-state index in [0.29, 0.717) is 16.9 Å². The minimum atomic E-state index is 0.616. The molecule has 0 N–H and O–H groups in total. The molecule has 24 rings (SSSR count). The molecule has 12 nitrogen and oxygen atoms in total. The Kier molecular flexibility index (Phi) is 19.5. The summed E-state index contributed by atoms with van der Waals surface area (Å²) in [6.07, 6.45) is 5.74. The summed E-state index contributed by atoms with van der Waals surface area (Å²) >= 11 is 0. The van der Waals surface area contributed by atoms with Crippen molar-refractivity contribution in [3.8, 4) is 74.0 Å². The predicted octanol–water partition coefficient (Wildman–Crippen LogP) is 31.5. The van der Waals surface area contributed by atoms with Gasteiger partial charge < -0.3 is 13.7 Å². The summed E-state index contributed by atoms with van der Waals surface area (Å²) in [5.41, 5.74) is 39.1. The summed E-state index contributed by atoms with van der Waals surface area (Å²) in [6, 6.07) is 111. The lowest BCUT2D eigenvalue weighted by Gasteiger charge is -2.21. The number of aromatic nitrogens is 9. The highest BCUT2D eigenvalue weighted by Crippen LogP contribution is 2.50. The SMILES string of the molecule is Cc1cccc2c3cccc(C)c3n(-c3nccc(-c4ccc(C#N)cc4)c3-n3c4c(C)cccc4c4cccc(C)c43)c12.[C-]#[N+]c1cccc(-c2ccnc(-n3c4c(C)cccc4c4cccc(C)c43)c2-n2c3c(C)cccc3c3cccc(C)c32)c1.[C-]#[N+]c1ccccc1-c1ccnc(-n2c3c(C)cccc3c3cccc(C)c32)c1-n1c2c(C)cccc2c2cccc(C)c21. The number of benzene rings is 15. The van der Waals surface area contributed by atoms with Gasteiger partial charge in [0.1, 0.15) is 0 Å². The van der Waals surface area contributed by atoms with Crippen molar-refractivity contribution in [1.29, 1.82) is 5.26 Å². The van der Waals surface area contributed by atoms with E-state index < -0.39 is 0 Å². The smallest absolute Gasteiger partial charge is 0.194 e. The van der Waals surface area contributed by atoms with Gasteiger partial charge in [-0.25, -0.2) is 24.6 Å². The molecular weight excluding hydrogens is 1610 g/mol. The first-order valence-electron chi connectivity index (χ1n) is 44.9. The molecule has 0 aliphatic heterocycles. The van der Waals surface area contributed by atoms with E-state index in [1.54, 1.807) is 0 Å². The zero-order valence-electron chi connectivity index (χ0n) is 75.5. The lowest BCUT2D eigenvalue weighted by molar-refractivity contribution is 1.02. The largest absolute Gasteiger partial charge is 0.305 e. The van der Waals surface area contributed by atoms with E-state index >= 15 is 0 Å². The fourth-order valence-electron chi connectivity index (χ4n) is 21.5. The molecule has 0 spiro atoms. The van der Waals surface area contributed by atoms with Crippen LogP contribution < -0.4 is 0 Å². The molecule has 132 heavy (non-hydrogen) atoms. The molecule has 0 atom stereocenters. The number of rotatable bonds is 9. The number of para-hydroxylation sites is 13. The highest BCUT2D eigenvalue weighted by molar-refractivity contribution is 6.19. The molecule has 24 aromatic rings. The average molecular weight is 1700 g/mol. The van der Waals surface area contributed by atoms with Crippen LogP contribution in [0.1, 0.15) is 72.3 Å². The Morgan fingerprint density at radius 3 is 0.735 bits per heavy atom. The van der Waals surface area contributed by atoms with Gasteiger partial charge in [0.05, 0.1) is 108 Å². The molecule has 15 aromatic carbocycles. The number of pyridine rings is 3. The van der Waals surface area contributed by atoms with Crippen LogP contribution in [0, 0.1) is 108 Å². The normalized spacial score (nSPS) is 11.6. The van der Waals surface area contributed by atoms with Gasteiger partial charge in [-0.3, -0.25) is 13.7 Å². The molecule has 0 amide bonds. The van der Waals surface area contributed by atoms with Crippen molar-refractivity contribution < 1.29 is 0 Å². The van der Waals surface area contributed by atoms with Gasteiger partial charge >= 0.3 is 0 Å². The van der Waals surface area contributed by atoms with Crippen molar-refractivity contribution in [2.45, 2.75) is 83.1 Å². The minimum absolute atomic E-state index is 0.616. The average Bonchev–Trinajstić information content (AvgIpc) is 1.56. The van der Waals surface area contributed by atoms with Crippen LogP contribution in [0.5, 0.6) is 0 Å². The molecule has 0 saturated heterocycles. The topological polar surface area (TPSA) is 101 Å². The van der Waals surface area contributed by atoms with E-state index in [0.717, 1.165) is 112 Å². The Bertz CT molecular complexity index is 8810. The highest BCUT2D eigenvalue weighted by Gasteiger charge is 2.32. The van der Waals surface area contributed by atoms with Gasteiger partial charge in [0.15, 0.2) is 28.8 Å². The maximum absolute atomic E-state index is 9.56. The molecule has 12 heteroatoms. The molecule has 0 fully saturated rings. The first-order valence-corrected chi connectivity index (χ1v) is 44.9. The monoisotopic (exact) mass is 1700 g/mol. The maximum Gasteiger partial charge on any atom is 0.194 e. The first kappa shape index (κ1) is 80.8. The fourth-order valence-corrected chi connectivity index (χ4v) is 21.5. The lowest BCUT2D eigenvalue weighted by Crippen LogP contribution is -2.09. The molecule has 0 bridgehead atoms. The van der Waals surface area contributed by atoms with Crippen LogP contribution in [0.2, 0.25) is 0 Å². The summed E-state index contributed by atoms with van der Waals surface area (Å²) in [4.78, 5) is 23.5. The van der Waals surface area contributed by atoms with Crippen LogP contribution in [0.3, 0.4) is 0 Å². The third-order valence-corrected chi connectivity index (χ3v) is 27.2. The van der Waals surface area contributed by atoms with Gasteiger partial charge in [0, 0.05) is 99.9 Å². The molecule has 0 radical (unpaired) electrons. The van der Waals surface area contributed by atoms with Crippen LogP contribution in [-0.4, -0.2) is 42.4 Å². The zero-order chi connectivity index (χ0) is 90.3. The quantitative estimate of drug-likeness (QED) is 0.134. The van der Waals surface area contributed by atoms with E-state index in [9.17, 15) is 5.26 Å². The first-order chi connectivity index (χ1) is 64.4. The van der Waals surface area contributed by atoms with Crippen molar-refractivity contribution in [3.63, 3.8) is 0 Å². The van der Waals surface area contributed by atoms with Crippen molar-refractivity contribution >= 4 is 142 Å². The standard InChI is InChI=1S/3C40H30N4/c1-24-11-6-17-31-32-18-7-12-25(2)36(32)43(35(24)31)39-30(28-15-10-16-29(23-28)41-5)21-22-42-40(39)44-37-26(3)13-8-19-33(37)34-20-9-14-27(4)38(34)44;1-24-9-5-13-31-32-14-6-10-25(2)36(32)43(35(24)31)39-30(29-19-17-28(23-41)18-20-29)21-22-42-40(39)44-37-26(3)11-7-15-33(37)34-16-8-12-27(4)38(34)44;1-24-12-8-17-29-30-18-9-13-25(2)36(30)43(35(24)29)39-33(28-16-6-7-21-34(28)41-5)22-23-42-40(39)44-37-26(3)14-10-19-31(37)32-20-11-15-27(4)38(32)44/h6-23H,1-4H3;5-22H,1-4H3;6-23H,1-4H3. The van der Waals surface area contributed by atoms with Gasteiger partial charge in [-0.2, -0.15) is 5.26 Å². The van der Waals surface area contributed by atoms with Crippen LogP contribution in [0.4, 0.5) is 11.4 Å². The second kappa shape index (κ2) is 31.8. The Hall–Kier alpha value is -17.0. The highest BCUT2D eigenvalue weighted by atomic mass is 15.2. The summed E-state index contributed by atoms with van der Waals surface area (Å²) in [7, 11) is 0. The Morgan fingerprint density at radius 1 is 0.227 bits per heavy atom. The molecule has 0 saturated carbocycles. The van der Waals surface area contributed by atoms with Gasteiger partial charge in [-0.15, -0.1) is 0 Å². The third-order valence-electron chi connectivity index (χ3n) is 27.2. The number of nitriles is 1. The molecule has 630 valence electrons. The molecule has 0 unspecified atom stereocenters. The van der Waals surface area contributed by atoms with Crippen LogP contribution in [0.15, 0.2) is 328 Å². The number of nitrogens with zero attached hydrogens (tertiary/aromatic N) is 12. The van der Waals surface area contributed by atoms with E-state index in [1.807, 2.05) is 67.1 Å². The Morgan fingerprint density at radius 2 is 0.470 bits per heavy atom.